The van der Waals surface area contributed by atoms with Crippen molar-refractivity contribution in [2.75, 3.05) is 77.2 Å². The van der Waals surface area contributed by atoms with E-state index < -0.39 is 73.6 Å². The van der Waals surface area contributed by atoms with E-state index in [-0.39, 0.29) is 160 Å². The standard InChI is InChI=1S/C32H24N8O11S3.C6H15NO3.C4H11NO2.3Na/c33-18-1-10-24-16(11-18)13-26(53(46,47)48)29(31(24)41)39-37-21-6-2-19(3-7-21)35-36-20-4-8-22(9-5-20)38-40-30-27(54(49,50)51)14-17-12-23(52(43,44)45)15-25(34)28(17)32(30)42;8-4-1-7(2-5-9)3-6-10;6-3-1-5-2-4-7;;;/h1-15,41-42H,33-34H2,(H,43,44,45)(H,46,47,48)(H,49,50,51);8-10H,1-6H2;5-7H,1-4H2;;;/q;;;3*+1/p-3. The van der Waals surface area contributed by atoms with Crippen LogP contribution in [0, 0.1) is 0 Å². The van der Waals surface area contributed by atoms with Gasteiger partial charge in [-0.1, -0.05) is 0 Å². The first-order chi connectivity index (χ1) is 33.6. The number of nitrogens with one attached hydrogen (secondary N) is 1. The Hall–Kier alpha value is -3.71. The van der Waals surface area contributed by atoms with E-state index in [1.807, 2.05) is 0 Å². The van der Waals surface area contributed by atoms with E-state index in [0.717, 1.165) is 24.3 Å². The number of aliphatic hydroxyl groups is 5. The number of fused-ring (bicyclic) bond motifs is 2. The molecular weight excluding hydrogens is 1070 g/mol. The van der Waals surface area contributed by atoms with Crippen LogP contribution in [0.4, 0.5) is 45.5 Å². The Morgan fingerprint density at radius 3 is 1.26 bits per heavy atom. The van der Waals surface area contributed by atoms with Gasteiger partial charge >= 0.3 is 88.7 Å². The van der Waals surface area contributed by atoms with Gasteiger partial charge in [0, 0.05) is 54.9 Å². The van der Waals surface area contributed by atoms with Crippen LogP contribution < -0.4 is 105 Å². The molecule has 0 aliphatic rings. The van der Waals surface area contributed by atoms with Crippen molar-refractivity contribution in [2.45, 2.75) is 14.7 Å². The molecule has 0 unspecified atom stereocenters. The van der Waals surface area contributed by atoms with Crippen molar-refractivity contribution in [2.24, 2.45) is 30.7 Å². The van der Waals surface area contributed by atoms with Crippen LogP contribution >= 0.6 is 0 Å². The van der Waals surface area contributed by atoms with Crippen LogP contribution in [0.5, 0.6) is 11.5 Å². The third kappa shape index (κ3) is 20.3. The van der Waals surface area contributed by atoms with E-state index in [4.69, 9.17) is 37.0 Å². The van der Waals surface area contributed by atoms with Gasteiger partial charge in [0.05, 0.1) is 70.5 Å². The number of anilines is 2. The second-order valence-corrected chi connectivity index (χ2v) is 18.5. The molecule has 0 radical (unpaired) electrons. The number of aromatic hydroxyl groups is 2. The number of nitrogens with two attached hydrogens (primary N) is 2. The fourth-order valence-electron chi connectivity index (χ4n) is 6.13. The molecule has 32 heteroatoms. The second-order valence-electron chi connectivity index (χ2n) is 14.4. The molecule has 26 nitrogen and oxygen atoms in total. The minimum Gasteiger partial charge on any atom is -0.744 e. The molecule has 0 aliphatic carbocycles. The molecule has 0 saturated carbocycles. The van der Waals surface area contributed by atoms with Crippen LogP contribution in [0.15, 0.2) is 136 Å². The van der Waals surface area contributed by atoms with E-state index >= 15 is 0 Å². The third-order valence-electron chi connectivity index (χ3n) is 9.39. The van der Waals surface area contributed by atoms with E-state index in [0.29, 0.717) is 44.1 Å². The van der Waals surface area contributed by atoms with Crippen molar-refractivity contribution >= 4 is 97.4 Å². The fraction of sp³-hybridized carbons (Fsp3) is 0.238. The summed E-state index contributed by atoms with van der Waals surface area (Å²) in [6, 6.07) is 19.3. The summed E-state index contributed by atoms with van der Waals surface area (Å²) in [7, 11) is -15.4. The van der Waals surface area contributed by atoms with Crippen molar-refractivity contribution in [3.8, 4) is 11.5 Å². The van der Waals surface area contributed by atoms with Gasteiger partial charge in [-0.2, -0.15) is 20.5 Å². The molecule has 0 atom stereocenters. The zero-order chi connectivity index (χ0) is 52.5. The second kappa shape index (κ2) is 32.1. The number of hydrogen-bond donors (Lipinski definition) is 10. The minimum absolute atomic E-state index is 0. The monoisotopic (exact) mass is 1110 g/mol. The Bertz CT molecular complexity index is 3220. The molecule has 0 heterocycles. The molecule has 0 aromatic heterocycles. The number of nitrogen functional groups attached to an aromatic ring is 2. The van der Waals surface area contributed by atoms with Crippen molar-refractivity contribution in [1.29, 1.82) is 0 Å². The van der Waals surface area contributed by atoms with Gasteiger partial charge in [-0.3, -0.25) is 4.90 Å². The molecule has 0 aliphatic heterocycles. The van der Waals surface area contributed by atoms with Gasteiger partial charge in [0.1, 0.15) is 41.7 Å². The Morgan fingerprint density at radius 2 is 0.878 bits per heavy atom. The van der Waals surface area contributed by atoms with Crippen molar-refractivity contribution in [3.05, 3.63) is 91.0 Å². The molecule has 12 N–H and O–H groups in total. The summed E-state index contributed by atoms with van der Waals surface area (Å²) in [6.45, 7) is 3.17. The summed E-state index contributed by atoms with van der Waals surface area (Å²) in [6.07, 6.45) is 0. The molecule has 6 aromatic rings. The van der Waals surface area contributed by atoms with Crippen LogP contribution in [-0.2, 0) is 30.4 Å². The SMILES string of the molecule is Nc1ccc2c(O)c(N=Nc3ccc(N=Nc4ccc(N=Nc5c(S(=O)(=O)[O-])cc6cc(S(=O)(=O)[O-])cc(N)c6c5O)cc4)cc3)c(S(=O)(=O)[O-])cc2c1.OCCN(CCO)CCO.OCCNCCO.[Na+].[Na+].[Na+]. The number of phenols is 2. The average Bonchev–Trinajstić information content (AvgIpc) is 3.30. The molecule has 0 spiro atoms. The van der Waals surface area contributed by atoms with Gasteiger partial charge in [0.25, 0.3) is 0 Å². The summed E-state index contributed by atoms with van der Waals surface area (Å²) in [5, 5.41) is 89.4. The minimum atomic E-state index is -5.31. The largest absolute Gasteiger partial charge is 1.00 e. The number of aliphatic hydroxyl groups excluding tert-OH is 5. The maximum absolute atomic E-state index is 12.0. The Balaban J connectivity index is 0.00000118. The molecule has 6 rings (SSSR count). The van der Waals surface area contributed by atoms with Crippen molar-refractivity contribution < 1.29 is 163 Å². The first-order valence-corrected chi connectivity index (χ1v) is 24.7. The van der Waals surface area contributed by atoms with Crippen LogP contribution in [0.1, 0.15) is 0 Å². The van der Waals surface area contributed by atoms with Crippen LogP contribution in [-0.4, -0.2) is 145 Å². The Kier molecular flexibility index (Phi) is 29.7. The summed E-state index contributed by atoms with van der Waals surface area (Å²) in [5.41, 5.74) is 11.1. The first kappa shape index (κ1) is 68.3. The maximum Gasteiger partial charge on any atom is 1.00 e. The van der Waals surface area contributed by atoms with Gasteiger partial charge in [0.2, 0.25) is 0 Å². The normalized spacial score (nSPS) is 11.7. The predicted octanol–water partition coefficient (Wildman–Crippen LogP) is -5.63. The molecule has 0 fully saturated rings. The van der Waals surface area contributed by atoms with Gasteiger partial charge < -0.3 is 66.2 Å². The Labute approximate surface area is 491 Å². The van der Waals surface area contributed by atoms with Gasteiger partial charge in [-0.15, -0.1) is 10.2 Å². The quantitative estimate of drug-likeness (QED) is 0.0119. The first-order valence-electron chi connectivity index (χ1n) is 20.5. The average molecular weight is 1110 g/mol. The summed E-state index contributed by atoms with van der Waals surface area (Å²) >= 11 is 0. The number of azo groups is 3. The summed E-state index contributed by atoms with van der Waals surface area (Å²) < 4.78 is 106. The van der Waals surface area contributed by atoms with Crippen LogP contribution in [0.2, 0.25) is 0 Å². The number of hydrogen-bond acceptors (Lipinski definition) is 26. The zero-order valence-electron chi connectivity index (χ0n) is 40.0. The molecule has 0 amide bonds. The fourth-order valence-corrected chi connectivity index (χ4v) is 7.96. The number of benzene rings is 6. The van der Waals surface area contributed by atoms with Crippen LogP contribution in [0.3, 0.4) is 0 Å². The van der Waals surface area contributed by atoms with E-state index in [1.54, 1.807) is 4.90 Å². The van der Waals surface area contributed by atoms with Gasteiger partial charge in [0.15, 0.2) is 11.5 Å². The van der Waals surface area contributed by atoms with E-state index in [2.05, 4.69) is 36.0 Å². The number of phenolic OH excluding ortho intramolecular Hbond substituents is 2. The molecule has 0 saturated heterocycles. The van der Waals surface area contributed by atoms with Crippen LogP contribution in [0.25, 0.3) is 21.5 Å². The molecule has 6 aromatic carbocycles. The van der Waals surface area contributed by atoms with E-state index in [1.165, 1.54) is 66.7 Å². The predicted molar refractivity (Wildman–Crippen MR) is 254 cm³/mol. The van der Waals surface area contributed by atoms with Gasteiger partial charge in [-0.25, -0.2) is 25.3 Å². The summed E-state index contributed by atoms with van der Waals surface area (Å²) in [4.78, 5) is -0.850. The van der Waals surface area contributed by atoms with E-state index in [9.17, 15) is 49.1 Å². The van der Waals surface area contributed by atoms with Gasteiger partial charge in [-0.05, 0) is 102 Å². The third-order valence-corrected chi connectivity index (χ3v) is 11.9. The molecule has 0 bridgehead atoms. The van der Waals surface area contributed by atoms with Crippen molar-refractivity contribution in [1.82, 2.24) is 10.2 Å². The molecule has 382 valence electrons. The smallest absolute Gasteiger partial charge is 0.744 e. The summed E-state index contributed by atoms with van der Waals surface area (Å²) in [5.74, 6) is -1.47. The number of nitrogens with zero attached hydrogens (tertiary/aromatic N) is 7. The topological polar surface area (TPSA) is 455 Å². The maximum atomic E-state index is 12.0. The number of rotatable bonds is 19. The van der Waals surface area contributed by atoms with Crippen molar-refractivity contribution in [3.63, 3.8) is 0 Å². The molecule has 74 heavy (non-hydrogen) atoms. The zero-order valence-corrected chi connectivity index (χ0v) is 48.5. The molecular formula is C42H47N10Na3O16S3. The Morgan fingerprint density at radius 1 is 0.486 bits per heavy atom.